The minimum atomic E-state index is -0.248. The summed E-state index contributed by atoms with van der Waals surface area (Å²) in [5.41, 5.74) is 1.10. The lowest BCUT2D eigenvalue weighted by atomic mass is 10.1. The number of carbonyl (C=O) groups excluding carboxylic acids is 1. The van der Waals surface area contributed by atoms with Gasteiger partial charge < -0.3 is 14.4 Å². The van der Waals surface area contributed by atoms with Crippen LogP contribution in [-0.4, -0.2) is 46.7 Å². The second-order valence-corrected chi connectivity index (χ2v) is 8.56. The molecular formula is C25H27N3O4. The molecule has 3 aromatic rings. The van der Waals surface area contributed by atoms with E-state index in [0.717, 1.165) is 43.7 Å². The number of hydrogen-bond donors (Lipinski definition) is 0. The molecule has 2 aliphatic rings. The highest BCUT2D eigenvalue weighted by molar-refractivity contribution is 5.97. The summed E-state index contributed by atoms with van der Waals surface area (Å²) in [5.74, 6) is 2.10. The first kappa shape index (κ1) is 20.5. The number of hydrogen-bond acceptors (Lipinski definition) is 5. The van der Waals surface area contributed by atoms with Gasteiger partial charge in [0.2, 0.25) is 0 Å². The van der Waals surface area contributed by atoms with Crippen LogP contribution in [0.4, 0.5) is 0 Å². The summed E-state index contributed by atoms with van der Waals surface area (Å²) in [7, 11) is 1.75. The first-order valence-corrected chi connectivity index (χ1v) is 11.3. The van der Waals surface area contributed by atoms with E-state index in [2.05, 4.69) is 0 Å². The molecule has 0 fully saturated rings. The van der Waals surface area contributed by atoms with Gasteiger partial charge in [-0.15, -0.1) is 0 Å². The Morgan fingerprint density at radius 2 is 1.94 bits per heavy atom. The molecule has 3 heterocycles. The third-order valence-electron chi connectivity index (χ3n) is 6.21. The fourth-order valence-electron chi connectivity index (χ4n) is 4.49. The van der Waals surface area contributed by atoms with Crippen molar-refractivity contribution in [3.8, 4) is 11.5 Å². The lowest BCUT2D eigenvalue weighted by Crippen LogP contribution is -2.41. The summed E-state index contributed by atoms with van der Waals surface area (Å²) in [4.78, 5) is 32.5. The maximum absolute atomic E-state index is 13.1. The lowest BCUT2D eigenvalue weighted by Gasteiger charge is -2.29. The van der Waals surface area contributed by atoms with Gasteiger partial charge in [-0.25, -0.2) is 4.98 Å². The van der Waals surface area contributed by atoms with E-state index in [-0.39, 0.29) is 17.6 Å². The van der Waals surface area contributed by atoms with Gasteiger partial charge in [-0.2, -0.15) is 0 Å². The molecule has 5 rings (SSSR count). The Morgan fingerprint density at radius 3 is 2.81 bits per heavy atom. The van der Waals surface area contributed by atoms with E-state index in [4.69, 9.17) is 14.5 Å². The van der Waals surface area contributed by atoms with Gasteiger partial charge in [0.1, 0.15) is 12.4 Å². The number of likely N-dealkylation sites (N-methyl/N-ethyl adjacent to an activating group) is 1. The molecule has 1 unspecified atom stereocenters. The van der Waals surface area contributed by atoms with Crippen molar-refractivity contribution in [2.75, 3.05) is 20.2 Å². The Labute approximate surface area is 186 Å². The maximum atomic E-state index is 13.1. The normalized spacial score (nSPS) is 17.8. The number of amides is 1. The number of benzene rings is 2. The summed E-state index contributed by atoms with van der Waals surface area (Å²) in [6.45, 7) is 1.50. The van der Waals surface area contributed by atoms with Gasteiger partial charge in [0.05, 0.1) is 17.4 Å². The molecule has 0 N–H and O–H groups in total. The number of ether oxygens (including phenoxy) is 2. The number of aromatic nitrogens is 2. The lowest BCUT2D eigenvalue weighted by molar-refractivity contribution is 0.0521. The van der Waals surface area contributed by atoms with E-state index in [9.17, 15) is 9.59 Å². The number of carbonyl (C=O) groups is 1. The van der Waals surface area contributed by atoms with Crippen molar-refractivity contribution < 1.29 is 14.3 Å². The minimum absolute atomic E-state index is 0.00864. The van der Waals surface area contributed by atoms with Crippen LogP contribution < -0.4 is 15.0 Å². The van der Waals surface area contributed by atoms with Gasteiger partial charge in [-0.1, -0.05) is 25.0 Å². The Bertz CT molecular complexity index is 1220. The molecule has 0 saturated carbocycles. The predicted molar refractivity (Wildman–Crippen MR) is 121 cm³/mol. The summed E-state index contributed by atoms with van der Waals surface area (Å²) < 4.78 is 13.6. The Hall–Kier alpha value is -3.35. The number of rotatable bonds is 3. The first-order valence-electron chi connectivity index (χ1n) is 11.3. The van der Waals surface area contributed by atoms with Crippen LogP contribution in [0.1, 0.15) is 41.9 Å². The molecule has 0 radical (unpaired) electrons. The Balaban J connectivity index is 1.36. The van der Waals surface area contributed by atoms with Gasteiger partial charge in [0.25, 0.3) is 11.5 Å². The Morgan fingerprint density at radius 1 is 1.12 bits per heavy atom. The van der Waals surface area contributed by atoms with E-state index >= 15 is 0 Å². The summed E-state index contributed by atoms with van der Waals surface area (Å²) in [6.07, 6.45) is 4.88. The van der Waals surface area contributed by atoms with Crippen LogP contribution in [0.25, 0.3) is 10.9 Å². The average Bonchev–Trinajstić information content (AvgIpc) is 2.79. The highest BCUT2D eigenvalue weighted by Crippen LogP contribution is 2.31. The van der Waals surface area contributed by atoms with Crippen LogP contribution in [-0.2, 0) is 13.0 Å². The van der Waals surface area contributed by atoms with Crippen molar-refractivity contribution in [2.24, 2.45) is 0 Å². The molecule has 7 nitrogen and oxygen atoms in total. The molecule has 166 valence electrons. The van der Waals surface area contributed by atoms with E-state index in [0.29, 0.717) is 41.9 Å². The van der Waals surface area contributed by atoms with Crippen molar-refractivity contribution >= 4 is 16.8 Å². The molecule has 1 aromatic heterocycles. The topological polar surface area (TPSA) is 73.7 Å². The van der Waals surface area contributed by atoms with Crippen molar-refractivity contribution in [3.05, 3.63) is 64.2 Å². The van der Waals surface area contributed by atoms with Crippen molar-refractivity contribution in [3.63, 3.8) is 0 Å². The average molecular weight is 434 g/mol. The second kappa shape index (κ2) is 8.65. The molecule has 1 atom stereocenters. The van der Waals surface area contributed by atoms with E-state index in [1.807, 2.05) is 28.8 Å². The third kappa shape index (κ3) is 3.95. The quantitative estimate of drug-likeness (QED) is 0.633. The predicted octanol–water partition coefficient (Wildman–Crippen LogP) is 3.43. The van der Waals surface area contributed by atoms with Crippen molar-refractivity contribution in [2.45, 2.75) is 44.8 Å². The van der Waals surface area contributed by atoms with Crippen LogP contribution in [0.3, 0.4) is 0 Å². The molecular weight excluding hydrogens is 406 g/mol. The van der Waals surface area contributed by atoms with Gasteiger partial charge >= 0.3 is 0 Å². The molecule has 2 aliphatic heterocycles. The fourth-order valence-corrected chi connectivity index (χ4v) is 4.49. The molecule has 32 heavy (non-hydrogen) atoms. The van der Waals surface area contributed by atoms with Gasteiger partial charge in [-0.3, -0.25) is 14.2 Å². The molecule has 0 saturated heterocycles. The molecule has 1 amide bonds. The van der Waals surface area contributed by atoms with Crippen LogP contribution in [0, 0.1) is 0 Å². The second-order valence-electron chi connectivity index (χ2n) is 8.56. The SMILES string of the molecule is CN(CC1COc2ccccc2O1)C(=O)c1ccc2c(=O)n3c(nc2c1)CCCCCC3. The molecule has 0 spiro atoms. The summed E-state index contributed by atoms with van der Waals surface area (Å²) >= 11 is 0. The summed E-state index contributed by atoms with van der Waals surface area (Å²) in [5, 5.41) is 0.564. The number of para-hydroxylation sites is 2. The van der Waals surface area contributed by atoms with Crippen molar-refractivity contribution in [1.82, 2.24) is 14.5 Å². The van der Waals surface area contributed by atoms with Crippen LogP contribution in [0.15, 0.2) is 47.3 Å². The van der Waals surface area contributed by atoms with E-state index in [1.165, 1.54) is 0 Å². The maximum Gasteiger partial charge on any atom is 0.261 e. The van der Waals surface area contributed by atoms with Crippen LogP contribution in [0.5, 0.6) is 11.5 Å². The minimum Gasteiger partial charge on any atom is -0.486 e. The standard InChI is InChI=1S/C25H27N3O4/c1-27(15-18-16-31-21-8-5-6-9-22(21)32-18)24(29)17-11-12-19-20(14-17)26-23-10-4-2-3-7-13-28(23)25(19)30/h5-6,8-9,11-12,14,18H,2-4,7,10,13,15-16H2,1H3. The van der Waals surface area contributed by atoms with E-state index < -0.39 is 0 Å². The summed E-state index contributed by atoms with van der Waals surface area (Å²) in [6, 6.07) is 12.7. The highest BCUT2D eigenvalue weighted by atomic mass is 16.6. The zero-order valence-electron chi connectivity index (χ0n) is 18.3. The molecule has 0 aliphatic carbocycles. The van der Waals surface area contributed by atoms with E-state index in [1.54, 1.807) is 30.1 Å². The smallest absolute Gasteiger partial charge is 0.261 e. The number of fused-ring (bicyclic) bond motifs is 3. The number of nitrogens with zero attached hydrogens (tertiary/aromatic N) is 3. The van der Waals surface area contributed by atoms with Crippen LogP contribution >= 0.6 is 0 Å². The van der Waals surface area contributed by atoms with Gasteiger partial charge in [0.15, 0.2) is 17.6 Å². The molecule has 2 aromatic carbocycles. The third-order valence-corrected chi connectivity index (χ3v) is 6.21. The zero-order valence-corrected chi connectivity index (χ0v) is 18.3. The first-order chi connectivity index (χ1) is 15.6. The zero-order chi connectivity index (χ0) is 22.1. The van der Waals surface area contributed by atoms with Crippen LogP contribution in [0.2, 0.25) is 0 Å². The highest BCUT2D eigenvalue weighted by Gasteiger charge is 2.24. The van der Waals surface area contributed by atoms with Crippen molar-refractivity contribution in [1.29, 1.82) is 0 Å². The fraction of sp³-hybridized carbons (Fsp3) is 0.400. The van der Waals surface area contributed by atoms with Gasteiger partial charge in [0, 0.05) is 25.6 Å². The monoisotopic (exact) mass is 433 g/mol. The molecule has 0 bridgehead atoms. The number of aryl methyl sites for hydroxylation is 1. The Kier molecular flexibility index (Phi) is 5.55. The molecule has 7 heteroatoms. The largest absolute Gasteiger partial charge is 0.486 e. The van der Waals surface area contributed by atoms with Gasteiger partial charge in [-0.05, 0) is 43.2 Å².